The zero-order valence-electron chi connectivity index (χ0n) is 13.2. The minimum absolute atomic E-state index is 0.106. The Morgan fingerprint density at radius 2 is 1.84 bits per heavy atom. The van der Waals surface area contributed by atoms with Crippen LogP contribution in [0.15, 0.2) is 48.5 Å². The number of hydrogen-bond donors (Lipinski definition) is 1. The van der Waals surface area contributed by atoms with Gasteiger partial charge in [0.15, 0.2) is 0 Å². The maximum atomic E-state index is 13.5. The van der Waals surface area contributed by atoms with E-state index >= 15 is 0 Å². The van der Waals surface area contributed by atoms with Crippen LogP contribution in [0.1, 0.15) is 5.56 Å². The number of tetrazole rings is 1. The lowest BCUT2D eigenvalue weighted by atomic mass is 10.1. The van der Waals surface area contributed by atoms with Gasteiger partial charge in [-0.1, -0.05) is 18.2 Å². The molecule has 1 amide bonds. The van der Waals surface area contributed by atoms with E-state index in [1.807, 2.05) is 0 Å². The van der Waals surface area contributed by atoms with Crippen molar-refractivity contribution >= 4 is 5.91 Å². The molecule has 128 valence electrons. The van der Waals surface area contributed by atoms with Gasteiger partial charge < -0.3 is 5.32 Å². The molecule has 2 aromatic carbocycles. The second-order valence-corrected chi connectivity index (χ2v) is 5.34. The summed E-state index contributed by atoms with van der Waals surface area (Å²) < 4.78 is 26.4. The Morgan fingerprint density at radius 3 is 2.60 bits per heavy atom. The van der Waals surface area contributed by atoms with Gasteiger partial charge in [0.25, 0.3) is 0 Å². The summed E-state index contributed by atoms with van der Waals surface area (Å²) in [6, 6.07) is 12.1. The summed E-state index contributed by atoms with van der Waals surface area (Å²) in [6.07, 6.45) is 0.393. The van der Waals surface area contributed by atoms with Crippen LogP contribution in [0.2, 0.25) is 0 Å². The zero-order valence-corrected chi connectivity index (χ0v) is 13.2. The van der Waals surface area contributed by atoms with Crippen LogP contribution in [0, 0.1) is 11.6 Å². The van der Waals surface area contributed by atoms with Gasteiger partial charge in [-0.15, -0.1) is 10.2 Å². The Labute approximate surface area is 142 Å². The third kappa shape index (κ3) is 4.43. The van der Waals surface area contributed by atoms with Crippen LogP contribution in [-0.2, 0) is 17.8 Å². The molecule has 0 atom stereocenters. The molecule has 0 unspecified atom stereocenters. The molecule has 3 rings (SSSR count). The largest absolute Gasteiger partial charge is 0.354 e. The number of benzene rings is 2. The number of amides is 1. The summed E-state index contributed by atoms with van der Waals surface area (Å²) in [5.41, 5.74) is 1.15. The number of aromatic nitrogens is 4. The Kier molecular flexibility index (Phi) is 5.08. The maximum Gasteiger partial charge on any atom is 0.243 e. The van der Waals surface area contributed by atoms with Crippen molar-refractivity contribution in [3.63, 3.8) is 0 Å². The Morgan fingerprint density at radius 1 is 1.08 bits per heavy atom. The fraction of sp³-hybridized carbons (Fsp3) is 0.176. The Balaban J connectivity index is 1.51. The highest BCUT2D eigenvalue weighted by Crippen LogP contribution is 2.13. The van der Waals surface area contributed by atoms with Crippen LogP contribution in [0.3, 0.4) is 0 Å². The van der Waals surface area contributed by atoms with Crippen molar-refractivity contribution in [3.05, 3.63) is 65.7 Å². The number of hydrogen-bond acceptors (Lipinski definition) is 4. The molecule has 1 heterocycles. The quantitative estimate of drug-likeness (QED) is 0.743. The molecule has 0 fully saturated rings. The first kappa shape index (κ1) is 16.7. The molecule has 1 aromatic heterocycles. The minimum Gasteiger partial charge on any atom is -0.354 e. The summed E-state index contributed by atoms with van der Waals surface area (Å²) in [5, 5.41) is 14.4. The third-order valence-corrected chi connectivity index (χ3v) is 3.51. The molecule has 0 radical (unpaired) electrons. The van der Waals surface area contributed by atoms with Crippen LogP contribution >= 0.6 is 0 Å². The molecule has 3 aromatic rings. The number of carbonyl (C=O) groups excluding carboxylic acids is 1. The first-order valence-corrected chi connectivity index (χ1v) is 7.65. The molecule has 6 nitrogen and oxygen atoms in total. The van der Waals surface area contributed by atoms with Crippen molar-refractivity contribution < 1.29 is 13.6 Å². The average Bonchev–Trinajstić information content (AvgIpc) is 3.05. The van der Waals surface area contributed by atoms with E-state index in [-0.39, 0.29) is 24.1 Å². The molecule has 1 N–H and O–H groups in total. The molecule has 0 aliphatic rings. The molecule has 0 saturated carbocycles. The lowest BCUT2D eigenvalue weighted by Crippen LogP contribution is -2.30. The van der Waals surface area contributed by atoms with Gasteiger partial charge in [-0.3, -0.25) is 4.79 Å². The Bertz CT molecular complexity index is 863. The minimum atomic E-state index is -0.356. The average molecular weight is 343 g/mol. The monoisotopic (exact) mass is 343 g/mol. The van der Waals surface area contributed by atoms with E-state index in [1.165, 1.54) is 30.3 Å². The smallest absolute Gasteiger partial charge is 0.243 e. The zero-order chi connectivity index (χ0) is 17.6. The number of nitrogens with zero attached hydrogens (tertiary/aromatic N) is 4. The van der Waals surface area contributed by atoms with Crippen molar-refractivity contribution in [1.29, 1.82) is 0 Å². The van der Waals surface area contributed by atoms with Crippen molar-refractivity contribution in [2.45, 2.75) is 13.0 Å². The summed E-state index contributed by atoms with van der Waals surface area (Å²) in [4.78, 5) is 13.0. The van der Waals surface area contributed by atoms with E-state index in [0.717, 1.165) is 4.80 Å². The molecular weight excluding hydrogens is 328 g/mol. The maximum absolute atomic E-state index is 13.5. The van der Waals surface area contributed by atoms with Gasteiger partial charge in [-0.2, -0.15) is 4.80 Å². The van der Waals surface area contributed by atoms with Gasteiger partial charge in [-0.25, -0.2) is 8.78 Å². The van der Waals surface area contributed by atoms with Gasteiger partial charge in [0, 0.05) is 12.1 Å². The van der Waals surface area contributed by atoms with Gasteiger partial charge in [0.05, 0.1) is 0 Å². The van der Waals surface area contributed by atoms with Gasteiger partial charge >= 0.3 is 0 Å². The van der Waals surface area contributed by atoms with Crippen molar-refractivity contribution in [2.75, 3.05) is 6.54 Å². The normalized spacial score (nSPS) is 10.6. The molecular formula is C17H15F2N5O. The van der Waals surface area contributed by atoms with Gasteiger partial charge in [-0.05, 0) is 47.5 Å². The van der Waals surface area contributed by atoms with Crippen LogP contribution in [0.25, 0.3) is 11.4 Å². The molecule has 0 saturated heterocycles. The molecule has 25 heavy (non-hydrogen) atoms. The number of nitrogens with one attached hydrogen (secondary N) is 1. The predicted molar refractivity (Wildman–Crippen MR) is 86.3 cm³/mol. The molecule has 8 heteroatoms. The molecule has 0 spiro atoms. The highest BCUT2D eigenvalue weighted by Gasteiger charge is 2.09. The summed E-state index contributed by atoms with van der Waals surface area (Å²) in [6.45, 7) is 0.199. The summed E-state index contributed by atoms with van der Waals surface area (Å²) in [5.74, 6) is -0.650. The van der Waals surface area contributed by atoms with Crippen molar-refractivity contribution in [3.8, 4) is 11.4 Å². The van der Waals surface area contributed by atoms with Crippen LogP contribution < -0.4 is 5.32 Å². The first-order valence-electron chi connectivity index (χ1n) is 7.65. The number of rotatable bonds is 6. The second kappa shape index (κ2) is 7.61. The molecule has 0 aliphatic carbocycles. The number of carbonyl (C=O) groups is 1. The topological polar surface area (TPSA) is 72.7 Å². The van der Waals surface area contributed by atoms with Crippen LogP contribution in [0.4, 0.5) is 8.78 Å². The molecule has 0 aliphatic heterocycles. The van der Waals surface area contributed by atoms with Crippen LogP contribution in [-0.4, -0.2) is 32.7 Å². The summed E-state index contributed by atoms with van der Waals surface area (Å²) in [7, 11) is 0. The second-order valence-electron chi connectivity index (χ2n) is 5.34. The standard InChI is InChI=1S/C17H15F2N5O/c18-14-7-5-13(6-8-14)17-21-23-24(22-17)11-16(25)20-10-9-12-3-1-2-4-15(12)19/h1-8H,9-11H2,(H,20,25). The fourth-order valence-corrected chi connectivity index (χ4v) is 2.25. The van der Waals surface area contributed by atoms with E-state index in [1.54, 1.807) is 18.2 Å². The summed E-state index contributed by atoms with van der Waals surface area (Å²) >= 11 is 0. The SMILES string of the molecule is O=C(Cn1nnc(-c2ccc(F)cc2)n1)NCCc1ccccc1F. The first-order chi connectivity index (χ1) is 12.1. The van der Waals surface area contributed by atoms with Crippen molar-refractivity contribution in [2.24, 2.45) is 0 Å². The van der Waals surface area contributed by atoms with Gasteiger partial charge in [0.1, 0.15) is 18.2 Å². The predicted octanol–water partition coefficient (Wildman–Crippen LogP) is 1.98. The Hall–Kier alpha value is -3.16. The number of halogens is 2. The lowest BCUT2D eigenvalue weighted by molar-refractivity contribution is -0.122. The van der Waals surface area contributed by atoms with Crippen molar-refractivity contribution in [1.82, 2.24) is 25.5 Å². The molecule has 0 bridgehead atoms. The van der Waals surface area contributed by atoms with Gasteiger partial charge in [0.2, 0.25) is 11.7 Å². The van der Waals surface area contributed by atoms with E-state index < -0.39 is 0 Å². The fourth-order valence-electron chi connectivity index (χ4n) is 2.25. The highest BCUT2D eigenvalue weighted by atomic mass is 19.1. The van der Waals surface area contributed by atoms with E-state index in [0.29, 0.717) is 29.9 Å². The van der Waals surface area contributed by atoms with E-state index in [9.17, 15) is 13.6 Å². The van der Waals surface area contributed by atoms with E-state index in [4.69, 9.17) is 0 Å². The highest BCUT2D eigenvalue weighted by molar-refractivity contribution is 5.75. The lowest BCUT2D eigenvalue weighted by Gasteiger charge is -2.05. The van der Waals surface area contributed by atoms with Crippen LogP contribution in [0.5, 0.6) is 0 Å². The van der Waals surface area contributed by atoms with E-state index in [2.05, 4.69) is 20.7 Å². The third-order valence-electron chi connectivity index (χ3n) is 3.51.